The number of aryl methyl sites for hydroxylation is 2. The van der Waals surface area contributed by atoms with E-state index in [1.165, 1.54) is 11.1 Å². The molecule has 3 nitrogen and oxygen atoms in total. The zero-order chi connectivity index (χ0) is 14.8. The van der Waals surface area contributed by atoms with Gasteiger partial charge in [0.1, 0.15) is 0 Å². The number of benzene rings is 1. The van der Waals surface area contributed by atoms with Gasteiger partial charge < -0.3 is 11.1 Å². The number of hydrogen-bond donors (Lipinski definition) is 2. The predicted octanol–water partition coefficient (Wildman–Crippen LogP) is 2.81. The molecule has 0 aliphatic heterocycles. The van der Waals surface area contributed by atoms with Gasteiger partial charge in [-0.25, -0.2) is 0 Å². The fourth-order valence-corrected chi connectivity index (χ4v) is 2.35. The highest BCUT2D eigenvalue weighted by Gasteiger charge is 2.09. The molecule has 1 atom stereocenters. The van der Waals surface area contributed by atoms with Crippen molar-refractivity contribution in [3.63, 3.8) is 0 Å². The van der Waals surface area contributed by atoms with Crippen LogP contribution in [0.25, 0.3) is 0 Å². The van der Waals surface area contributed by atoms with Crippen molar-refractivity contribution in [2.24, 2.45) is 11.7 Å². The fraction of sp³-hybridized carbons (Fsp3) is 0.588. The van der Waals surface area contributed by atoms with Crippen molar-refractivity contribution in [2.75, 3.05) is 13.1 Å². The number of nitrogens with one attached hydrogen (secondary N) is 1. The number of nitrogens with two attached hydrogens (primary N) is 1. The quantitative estimate of drug-likeness (QED) is 0.728. The van der Waals surface area contributed by atoms with Gasteiger partial charge in [0.2, 0.25) is 5.91 Å². The van der Waals surface area contributed by atoms with Crippen LogP contribution in [0.15, 0.2) is 24.3 Å². The van der Waals surface area contributed by atoms with E-state index in [0.29, 0.717) is 18.9 Å². The molecule has 0 aliphatic carbocycles. The molecule has 0 spiro atoms. The third kappa shape index (κ3) is 6.71. The summed E-state index contributed by atoms with van der Waals surface area (Å²) in [5.74, 6) is 0.664. The maximum Gasteiger partial charge on any atom is 0.220 e. The molecular weight excluding hydrogens is 248 g/mol. The van der Waals surface area contributed by atoms with E-state index in [-0.39, 0.29) is 5.91 Å². The van der Waals surface area contributed by atoms with Crippen LogP contribution in [0.2, 0.25) is 0 Å². The first kappa shape index (κ1) is 16.7. The lowest BCUT2D eigenvalue weighted by molar-refractivity contribution is -0.121. The fourth-order valence-electron chi connectivity index (χ4n) is 2.35. The van der Waals surface area contributed by atoms with Crippen molar-refractivity contribution in [1.29, 1.82) is 0 Å². The van der Waals surface area contributed by atoms with Crippen molar-refractivity contribution in [1.82, 2.24) is 5.32 Å². The molecule has 1 unspecified atom stereocenters. The maximum atomic E-state index is 11.9. The normalized spacial score (nSPS) is 12.2. The van der Waals surface area contributed by atoms with Gasteiger partial charge in [-0.1, -0.05) is 43.2 Å². The van der Waals surface area contributed by atoms with Crippen LogP contribution >= 0.6 is 0 Å². The van der Waals surface area contributed by atoms with Crippen LogP contribution in [0.1, 0.15) is 43.7 Å². The predicted molar refractivity (Wildman–Crippen MR) is 84.6 cm³/mol. The van der Waals surface area contributed by atoms with E-state index in [1.807, 2.05) is 0 Å². The minimum absolute atomic E-state index is 0.142. The number of hydrogen-bond acceptors (Lipinski definition) is 2. The molecule has 0 bridgehead atoms. The summed E-state index contributed by atoms with van der Waals surface area (Å²) < 4.78 is 0. The summed E-state index contributed by atoms with van der Waals surface area (Å²) in [4.78, 5) is 11.9. The van der Waals surface area contributed by atoms with Crippen LogP contribution in [0, 0.1) is 12.8 Å². The Kier molecular flexibility index (Phi) is 7.97. The smallest absolute Gasteiger partial charge is 0.220 e. The third-order valence-electron chi connectivity index (χ3n) is 3.62. The number of amides is 1. The lowest BCUT2D eigenvalue weighted by Gasteiger charge is -2.15. The van der Waals surface area contributed by atoms with E-state index < -0.39 is 0 Å². The van der Waals surface area contributed by atoms with E-state index in [4.69, 9.17) is 5.73 Å². The van der Waals surface area contributed by atoms with Gasteiger partial charge in [-0.3, -0.25) is 4.79 Å². The topological polar surface area (TPSA) is 55.1 Å². The maximum absolute atomic E-state index is 11.9. The van der Waals surface area contributed by atoms with Gasteiger partial charge in [0.05, 0.1) is 0 Å². The SMILES string of the molecule is CCCC(CCN)CNC(=O)CCc1ccc(C)cc1. The number of carbonyl (C=O) groups is 1. The van der Waals surface area contributed by atoms with E-state index in [1.54, 1.807) is 0 Å². The Hall–Kier alpha value is -1.35. The Bertz CT molecular complexity index is 380. The van der Waals surface area contributed by atoms with Crippen LogP contribution in [0.4, 0.5) is 0 Å². The van der Waals surface area contributed by atoms with Crippen LogP contribution in [0.5, 0.6) is 0 Å². The first-order chi connectivity index (χ1) is 9.65. The standard InChI is InChI=1S/C17H28N2O/c1-3-4-16(11-12-18)13-19-17(20)10-9-15-7-5-14(2)6-8-15/h5-8,16H,3-4,9-13,18H2,1-2H3,(H,19,20). The van der Waals surface area contributed by atoms with Gasteiger partial charge in [0.15, 0.2) is 0 Å². The lowest BCUT2D eigenvalue weighted by atomic mass is 10.00. The molecule has 1 rings (SSSR count). The molecule has 20 heavy (non-hydrogen) atoms. The monoisotopic (exact) mass is 276 g/mol. The van der Waals surface area contributed by atoms with Gasteiger partial charge in [0.25, 0.3) is 0 Å². The van der Waals surface area contributed by atoms with Crippen LogP contribution < -0.4 is 11.1 Å². The highest BCUT2D eigenvalue weighted by molar-refractivity contribution is 5.76. The minimum Gasteiger partial charge on any atom is -0.356 e. The van der Waals surface area contributed by atoms with Crippen molar-refractivity contribution in [3.8, 4) is 0 Å². The van der Waals surface area contributed by atoms with E-state index in [9.17, 15) is 4.79 Å². The Morgan fingerprint density at radius 2 is 1.95 bits per heavy atom. The van der Waals surface area contributed by atoms with Crippen LogP contribution in [-0.4, -0.2) is 19.0 Å². The average molecular weight is 276 g/mol. The molecule has 3 heteroatoms. The Morgan fingerprint density at radius 1 is 1.25 bits per heavy atom. The molecule has 112 valence electrons. The first-order valence-corrected chi connectivity index (χ1v) is 7.68. The van der Waals surface area contributed by atoms with Gasteiger partial charge in [-0.15, -0.1) is 0 Å². The second-order valence-electron chi connectivity index (χ2n) is 5.52. The van der Waals surface area contributed by atoms with Crippen LogP contribution in [0.3, 0.4) is 0 Å². The summed E-state index contributed by atoms with van der Waals surface area (Å²) in [6.07, 6.45) is 4.64. The molecular formula is C17H28N2O. The lowest BCUT2D eigenvalue weighted by Crippen LogP contribution is -2.30. The summed E-state index contributed by atoms with van der Waals surface area (Å²) in [6, 6.07) is 8.37. The summed E-state index contributed by atoms with van der Waals surface area (Å²) >= 11 is 0. The highest BCUT2D eigenvalue weighted by Crippen LogP contribution is 2.09. The summed E-state index contributed by atoms with van der Waals surface area (Å²) in [5.41, 5.74) is 8.07. The molecule has 0 aromatic heterocycles. The Labute approximate surface area is 122 Å². The molecule has 0 fully saturated rings. The largest absolute Gasteiger partial charge is 0.356 e. The average Bonchev–Trinajstić information content (AvgIpc) is 2.44. The van der Waals surface area contributed by atoms with Gasteiger partial charge >= 0.3 is 0 Å². The Balaban J connectivity index is 2.27. The summed E-state index contributed by atoms with van der Waals surface area (Å²) in [6.45, 7) is 5.70. The number of rotatable bonds is 9. The van der Waals surface area contributed by atoms with E-state index in [0.717, 1.165) is 32.2 Å². The van der Waals surface area contributed by atoms with Crippen molar-refractivity contribution in [2.45, 2.75) is 46.0 Å². The van der Waals surface area contributed by atoms with E-state index in [2.05, 4.69) is 43.4 Å². The third-order valence-corrected chi connectivity index (χ3v) is 3.62. The Morgan fingerprint density at radius 3 is 2.55 bits per heavy atom. The summed E-state index contributed by atoms with van der Waals surface area (Å²) in [5, 5.41) is 3.04. The zero-order valence-electron chi connectivity index (χ0n) is 12.8. The molecule has 1 amide bonds. The zero-order valence-corrected chi connectivity index (χ0v) is 12.8. The molecule has 0 saturated carbocycles. The van der Waals surface area contributed by atoms with Crippen molar-refractivity contribution >= 4 is 5.91 Å². The van der Waals surface area contributed by atoms with Crippen molar-refractivity contribution in [3.05, 3.63) is 35.4 Å². The second kappa shape index (κ2) is 9.54. The van der Waals surface area contributed by atoms with Crippen LogP contribution in [-0.2, 0) is 11.2 Å². The molecule has 0 heterocycles. The number of carbonyl (C=O) groups excluding carboxylic acids is 1. The summed E-state index contributed by atoms with van der Waals surface area (Å²) in [7, 11) is 0. The highest BCUT2D eigenvalue weighted by atomic mass is 16.1. The van der Waals surface area contributed by atoms with Crippen molar-refractivity contribution < 1.29 is 4.79 Å². The first-order valence-electron chi connectivity index (χ1n) is 7.68. The molecule has 1 aromatic carbocycles. The van der Waals surface area contributed by atoms with Gasteiger partial charge in [0, 0.05) is 13.0 Å². The second-order valence-corrected chi connectivity index (χ2v) is 5.52. The molecule has 0 saturated heterocycles. The molecule has 1 aromatic rings. The molecule has 0 aliphatic rings. The molecule has 3 N–H and O–H groups in total. The van der Waals surface area contributed by atoms with E-state index >= 15 is 0 Å². The molecule has 0 radical (unpaired) electrons. The minimum atomic E-state index is 0.142. The van der Waals surface area contributed by atoms with Gasteiger partial charge in [-0.2, -0.15) is 0 Å². The van der Waals surface area contributed by atoms with Gasteiger partial charge in [-0.05, 0) is 44.2 Å².